The molecule has 2 rings (SSSR count). The Kier molecular flexibility index (Phi) is 3.58. The smallest absolute Gasteiger partial charge is 0.0640 e. The van der Waals surface area contributed by atoms with Crippen LogP contribution in [0.1, 0.15) is 22.2 Å². The molecule has 0 saturated carbocycles. The zero-order chi connectivity index (χ0) is 11.4. The van der Waals surface area contributed by atoms with E-state index in [1.165, 1.54) is 5.56 Å². The van der Waals surface area contributed by atoms with E-state index < -0.39 is 0 Å². The minimum absolute atomic E-state index is 0.00333. The third-order valence-electron chi connectivity index (χ3n) is 2.52. The lowest BCUT2D eigenvalue weighted by atomic mass is 10.1. The van der Waals surface area contributed by atoms with Gasteiger partial charge in [0, 0.05) is 18.3 Å². The molecule has 16 heavy (non-hydrogen) atoms. The maximum atomic E-state index is 6.34. The quantitative estimate of drug-likeness (QED) is 0.730. The number of rotatable bonds is 3. The van der Waals surface area contributed by atoms with Crippen molar-refractivity contribution in [3.63, 3.8) is 0 Å². The predicted octanol–water partition coefficient (Wildman–Crippen LogP) is 3.91. The van der Waals surface area contributed by atoms with Crippen molar-refractivity contribution in [3.05, 3.63) is 65.5 Å². The highest BCUT2D eigenvalue weighted by Crippen LogP contribution is 2.23. The minimum atomic E-state index is -0.00333. The lowest BCUT2D eigenvalue weighted by Gasteiger charge is -2.09. The number of aryl methyl sites for hydroxylation is 1. The summed E-state index contributed by atoms with van der Waals surface area (Å²) in [7, 11) is 0. The highest BCUT2D eigenvalue weighted by atomic mass is 35.5. The molecule has 82 valence electrons. The molecule has 1 aromatic carbocycles. The zero-order valence-corrected chi connectivity index (χ0v) is 9.98. The second-order valence-corrected chi connectivity index (χ2v) is 4.44. The van der Waals surface area contributed by atoms with Crippen LogP contribution in [0.3, 0.4) is 0 Å². The number of hydrogen-bond acceptors (Lipinski definition) is 1. The molecule has 0 spiro atoms. The van der Waals surface area contributed by atoms with Crippen LogP contribution in [0.15, 0.2) is 48.7 Å². The molecular formula is C14H14ClN. The molecule has 1 unspecified atom stereocenters. The molecule has 0 bridgehead atoms. The van der Waals surface area contributed by atoms with Crippen LogP contribution >= 0.6 is 11.6 Å². The van der Waals surface area contributed by atoms with Gasteiger partial charge in [-0.1, -0.05) is 36.4 Å². The summed E-state index contributed by atoms with van der Waals surface area (Å²) in [5, 5.41) is -0.00333. The average Bonchev–Trinajstić information content (AvgIpc) is 2.33. The second kappa shape index (κ2) is 5.13. The topological polar surface area (TPSA) is 12.9 Å². The van der Waals surface area contributed by atoms with E-state index in [0.717, 1.165) is 17.7 Å². The molecule has 2 aromatic rings. The molecule has 0 amide bonds. The molecule has 0 radical (unpaired) electrons. The van der Waals surface area contributed by atoms with Crippen molar-refractivity contribution >= 4 is 11.6 Å². The van der Waals surface area contributed by atoms with Crippen LogP contribution in [-0.4, -0.2) is 4.98 Å². The van der Waals surface area contributed by atoms with Gasteiger partial charge in [-0.05, 0) is 24.1 Å². The van der Waals surface area contributed by atoms with Crippen LogP contribution in [0.5, 0.6) is 0 Å². The number of aromatic nitrogens is 1. The SMILES string of the molecule is Cc1ccc(CC(Cl)c2ccccc2)nc1. The third-order valence-corrected chi connectivity index (χ3v) is 2.93. The first-order valence-corrected chi connectivity index (χ1v) is 5.80. The van der Waals surface area contributed by atoms with Gasteiger partial charge in [0.05, 0.1) is 5.38 Å². The van der Waals surface area contributed by atoms with Gasteiger partial charge in [0.2, 0.25) is 0 Å². The molecule has 1 atom stereocenters. The van der Waals surface area contributed by atoms with E-state index in [1.54, 1.807) is 0 Å². The van der Waals surface area contributed by atoms with Crippen LogP contribution in [0, 0.1) is 6.92 Å². The maximum Gasteiger partial charge on any atom is 0.0640 e. The summed E-state index contributed by atoms with van der Waals surface area (Å²) in [4.78, 5) is 4.36. The van der Waals surface area contributed by atoms with Crippen molar-refractivity contribution in [3.8, 4) is 0 Å². The van der Waals surface area contributed by atoms with Gasteiger partial charge < -0.3 is 0 Å². The van der Waals surface area contributed by atoms with Crippen molar-refractivity contribution in [1.82, 2.24) is 4.98 Å². The summed E-state index contributed by atoms with van der Waals surface area (Å²) >= 11 is 6.34. The van der Waals surface area contributed by atoms with Gasteiger partial charge in [-0.25, -0.2) is 0 Å². The molecule has 0 aliphatic heterocycles. The first-order chi connectivity index (χ1) is 7.75. The van der Waals surface area contributed by atoms with E-state index in [1.807, 2.05) is 49.5 Å². The Bertz CT molecular complexity index is 436. The summed E-state index contributed by atoms with van der Waals surface area (Å²) in [5.41, 5.74) is 3.36. The Morgan fingerprint density at radius 1 is 1.12 bits per heavy atom. The highest BCUT2D eigenvalue weighted by molar-refractivity contribution is 6.20. The standard InChI is InChI=1S/C14H14ClN/c1-11-7-8-13(16-10-11)9-14(15)12-5-3-2-4-6-12/h2-8,10,14H,9H2,1H3. The van der Waals surface area contributed by atoms with Crippen LogP contribution < -0.4 is 0 Å². The predicted molar refractivity (Wildman–Crippen MR) is 67.7 cm³/mol. The van der Waals surface area contributed by atoms with Crippen molar-refractivity contribution in [2.24, 2.45) is 0 Å². The lowest BCUT2D eigenvalue weighted by molar-refractivity contribution is 0.879. The van der Waals surface area contributed by atoms with E-state index >= 15 is 0 Å². The van der Waals surface area contributed by atoms with Crippen LogP contribution in [-0.2, 0) is 6.42 Å². The van der Waals surface area contributed by atoms with E-state index in [0.29, 0.717) is 0 Å². The molecule has 0 saturated heterocycles. The lowest BCUT2D eigenvalue weighted by Crippen LogP contribution is -1.98. The van der Waals surface area contributed by atoms with Gasteiger partial charge in [-0.15, -0.1) is 11.6 Å². The fraction of sp³-hybridized carbons (Fsp3) is 0.214. The highest BCUT2D eigenvalue weighted by Gasteiger charge is 2.08. The van der Waals surface area contributed by atoms with Gasteiger partial charge in [0.15, 0.2) is 0 Å². The van der Waals surface area contributed by atoms with E-state index in [9.17, 15) is 0 Å². The van der Waals surface area contributed by atoms with E-state index in [-0.39, 0.29) is 5.38 Å². The molecular weight excluding hydrogens is 218 g/mol. The van der Waals surface area contributed by atoms with E-state index in [2.05, 4.69) is 11.1 Å². The van der Waals surface area contributed by atoms with Crippen LogP contribution in [0.25, 0.3) is 0 Å². The zero-order valence-electron chi connectivity index (χ0n) is 9.23. The van der Waals surface area contributed by atoms with Gasteiger partial charge in [0.1, 0.15) is 0 Å². The molecule has 2 heteroatoms. The Balaban J connectivity index is 2.08. The fourth-order valence-electron chi connectivity index (χ4n) is 1.58. The molecule has 0 aliphatic rings. The monoisotopic (exact) mass is 231 g/mol. The number of halogens is 1. The van der Waals surface area contributed by atoms with E-state index in [4.69, 9.17) is 11.6 Å². The molecule has 1 aromatic heterocycles. The Morgan fingerprint density at radius 2 is 1.88 bits per heavy atom. The molecule has 1 heterocycles. The minimum Gasteiger partial charge on any atom is -0.261 e. The Labute approximate surface area is 101 Å². The van der Waals surface area contributed by atoms with Gasteiger partial charge in [0.25, 0.3) is 0 Å². The Morgan fingerprint density at radius 3 is 2.50 bits per heavy atom. The summed E-state index contributed by atoms with van der Waals surface area (Å²) < 4.78 is 0. The number of alkyl halides is 1. The number of benzene rings is 1. The Hall–Kier alpha value is -1.34. The number of nitrogens with zero attached hydrogens (tertiary/aromatic N) is 1. The molecule has 0 N–H and O–H groups in total. The van der Waals surface area contributed by atoms with Crippen molar-refractivity contribution in [1.29, 1.82) is 0 Å². The number of hydrogen-bond donors (Lipinski definition) is 0. The summed E-state index contributed by atoms with van der Waals surface area (Å²) in [6.45, 7) is 2.03. The normalized spacial score (nSPS) is 12.4. The second-order valence-electron chi connectivity index (χ2n) is 3.91. The molecule has 0 aliphatic carbocycles. The first kappa shape index (κ1) is 11.2. The van der Waals surface area contributed by atoms with Crippen LogP contribution in [0.2, 0.25) is 0 Å². The van der Waals surface area contributed by atoms with Crippen molar-refractivity contribution < 1.29 is 0 Å². The average molecular weight is 232 g/mol. The third kappa shape index (κ3) is 2.83. The summed E-state index contributed by atoms with van der Waals surface area (Å²) in [5.74, 6) is 0. The van der Waals surface area contributed by atoms with Crippen LogP contribution in [0.4, 0.5) is 0 Å². The fourth-order valence-corrected chi connectivity index (χ4v) is 1.89. The van der Waals surface area contributed by atoms with Gasteiger partial charge in [-0.2, -0.15) is 0 Å². The van der Waals surface area contributed by atoms with Crippen molar-refractivity contribution in [2.75, 3.05) is 0 Å². The first-order valence-electron chi connectivity index (χ1n) is 5.36. The molecule has 1 nitrogen and oxygen atoms in total. The summed E-state index contributed by atoms with van der Waals surface area (Å²) in [6, 6.07) is 14.2. The largest absolute Gasteiger partial charge is 0.261 e. The number of pyridine rings is 1. The molecule has 0 fully saturated rings. The maximum absolute atomic E-state index is 6.34. The van der Waals surface area contributed by atoms with Crippen molar-refractivity contribution in [2.45, 2.75) is 18.7 Å². The summed E-state index contributed by atoms with van der Waals surface area (Å²) in [6.07, 6.45) is 2.65. The van der Waals surface area contributed by atoms with Gasteiger partial charge in [-0.3, -0.25) is 4.98 Å². The van der Waals surface area contributed by atoms with Gasteiger partial charge >= 0.3 is 0 Å².